The summed E-state index contributed by atoms with van der Waals surface area (Å²) in [6.07, 6.45) is 2.25. The van der Waals surface area contributed by atoms with Crippen molar-refractivity contribution in [2.45, 2.75) is 39.8 Å². The summed E-state index contributed by atoms with van der Waals surface area (Å²) in [7, 11) is 0. The highest BCUT2D eigenvalue weighted by Gasteiger charge is 2.22. The molecule has 1 amide bonds. The molecule has 0 aliphatic carbocycles. The quantitative estimate of drug-likeness (QED) is 0.792. The summed E-state index contributed by atoms with van der Waals surface area (Å²) in [5.74, 6) is 0.845. The average Bonchev–Trinajstić information content (AvgIpc) is 3.12. The van der Waals surface area contributed by atoms with Gasteiger partial charge in [-0.05, 0) is 19.9 Å². The average molecular weight is 359 g/mol. The van der Waals surface area contributed by atoms with Gasteiger partial charge in [-0.1, -0.05) is 6.92 Å². The smallest absolute Gasteiger partial charge is 0.251 e. The lowest BCUT2D eigenvalue weighted by Gasteiger charge is -2.37. The third-order valence-corrected chi connectivity index (χ3v) is 4.70. The molecule has 0 aromatic carbocycles. The second kappa shape index (κ2) is 7.82. The highest BCUT2D eigenvalue weighted by atomic mass is 16.4. The third kappa shape index (κ3) is 4.01. The zero-order chi connectivity index (χ0) is 18.7. The van der Waals surface area contributed by atoms with Crippen molar-refractivity contribution in [1.82, 2.24) is 24.6 Å². The number of aromatic nitrogens is 3. The van der Waals surface area contributed by atoms with E-state index in [4.69, 9.17) is 4.42 Å². The van der Waals surface area contributed by atoms with Gasteiger partial charge in [-0.2, -0.15) is 0 Å². The molecule has 0 radical (unpaired) electrons. The number of hydrogen-bond donors (Lipinski definition) is 0. The molecule has 2 aromatic heterocycles. The molecule has 1 aliphatic rings. The Labute approximate surface area is 152 Å². The minimum absolute atomic E-state index is 0.0170. The molecular weight excluding hydrogens is 334 g/mol. The number of piperazine rings is 1. The normalized spacial score (nSPS) is 15.6. The first-order chi connectivity index (χ1) is 12.5. The van der Waals surface area contributed by atoms with E-state index in [0.717, 1.165) is 13.1 Å². The number of carbonyl (C=O) groups is 1. The van der Waals surface area contributed by atoms with Gasteiger partial charge in [0.1, 0.15) is 6.54 Å². The van der Waals surface area contributed by atoms with Gasteiger partial charge >= 0.3 is 0 Å². The van der Waals surface area contributed by atoms with Crippen LogP contribution in [0.3, 0.4) is 0 Å². The summed E-state index contributed by atoms with van der Waals surface area (Å²) >= 11 is 0. The fourth-order valence-corrected chi connectivity index (χ4v) is 3.03. The SMILES string of the molecule is CCc1nnc(-c2ccc(=O)n(CC(=O)N3CCN(C(C)C)CC3)c2)o1. The van der Waals surface area contributed by atoms with E-state index in [-0.39, 0.29) is 18.0 Å². The van der Waals surface area contributed by atoms with Crippen molar-refractivity contribution in [3.63, 3.8) is 0 Å². The van der Waals surface area contributed by atoms with Crippen molar-refractivity contribution in [2.75, 3.05) is 26.2 Å². The first kappa shape index (κ1) is 18.3. The lowest BCUT2D eigenvalue weighted by atomic mass is 10.2. The van der Waals surface area contributed by atoms with Gasteiger partial charge in [0.05, 0.1) is 5.56 Å². The Bertz CT molecular complexity index is 818. The van der Waals surface area contributed by atoms with Gasteiger partial charge in [0.25, 0.3) is 5.56 Å². The Morgan fingerprint density at radius 1 is 1.19 bits per heavy atom. The molecule has 0 bridgehead atoms. The van der Waals surface area contributed by atoms with E-state index in [2.05, 4.69) is 28.9 Å². The highest BCUT2D eigenvalue weighted by molar-refractivity contribution is 5.76. The van der Waals surface area contributed by atoms with Crippen LogP contribution >= 0.6 is 0 Å². The van der Waals surface area contributed by atoms with Crippen molar-refractivity contribution < 1.29 is 9.21 Å². The molecule has 1 aliphatic heterocycles. The van der Waals surface area contributed by atoms with Crippen LogP contribution in [0.5, 0.6) is 0 Å². The zero-order valence-corrected chi connectivity index (χ0v) is 15.5. The molecule has 1 fully saturated rings. The Balaban J connectivity index is 1.70. The first-order valence-electron chi connectivity index (χ1n) is 9.03. The predicted octanol–water partition coefficient (Wildman–Crippen LogP) is 1.01. The number of pyridine rings is 1. The Kier molecular flexibility index (Phi) is 5.51. The monoisotopic (exact) mass is 359 g/mol. The molecule has 8 heteroatoms. The van der Waals surface area contributed by atoms with E-state index in [9.17, 15) is 9.59 Å². The fourth-order valence-electron chi connectivity index (χ4n) is 3.03. The van der Waals surface area contributed by atoms with Crippen LogP contribution in [-0.4, -0.2) is 62.7 Å². The molecule has 140 valence electrons. The van der Waals surface area contributed by atoms with Crippen molar-refractivity contribution in [2.24, 2.45) is 0 Å². The van der Waals surface area contributed by atoms with Crippen LogP contribution in [-0.2, 0) is 17.8 Å². The Morgan fingerprint density at radius 3 is 2.54 bits per heavy atom. The van der Waals surface area contributed by atoms with Crippen LogP contribution in [0.25, 0.3) is 11.5 Å². The topological polar surface area (TPSA) is 84.5 Å². The van der Waals surface area contributed by atoms with E-state index < -0.39 is 0 Å². The van der Waals surface area contributed by atoms with Crippen LogP contribution < -0.4 is 5.56 Å². The predicted molar refractivity (Wildman–Crippen MR) is 96.7 cm³/mol. The first-order valence-corrected chi connectivity index (χ1v) is 9.03. The molecule has 3 heterocycles. The minimum atomic E-state index is -0.224. The standard InChI is InChI=1S/C18H25N5O3/c1-4-15-19-20-18(26-15)14-5-6-16(24)23(11-14)12-17(25)22-9-7-21(8-10-22)13(2)3/h5-6,11,13H,4,7-10,12H2,1-3H3. The van der Waals surface area contributed by atoms with Gasteiger partial charge < -0.3 is 13.9 Å². The van der Waals surface area contributed by atoms with Crippen LogP contribution in [0.2, 0.25) is 0 Å². The molecule has 0 saturated carbocycles. The van der Waals surface area contributed by atoms with Crippen LogP contribution in [0.1, 0.15) is 26.7 Å². The summed E-state index contributed by atoms with van der Waals surface area (Å²) in [6, 6.07) is 3.54. The van der Waals surface area contributed by atoms with E-state index >= 15 is 0 Å². The molecule has 0 N–H and O–H groups in total. The number of hydrogen-bond acceptors (Lipinski definition) is 6. The summed E-state index contributed by atoms with van der Waals surface area (Å²) in [5, 5.41) is 7.92. The molecule has 0 unspecified atom stereocenters. The zero-order valence-electron chi connectivity index (χ0n) is 15.5. The molecule has 26 heavy (non-hydrogen) atoms. The second-order valence-corrected chi connectivity index (χ2v) is 6.75. The van der Waals surface area contributed by atoms with Crippen molar-refractivity contribution in [1.29, 1.82) is 0 Å². The molecular formula is C18H25N5O3. The number of carbonyl (C=O) groups excluding carboxylic acids is 1. The van der Waals surface area contributed by atoms with E-state index in [0.29, 0.717) is 42.9 Å². The van der Waals surface area contributed by atoms with E-state index in [1.54, 1.807) is 12.3 Å². The summed E-state index contributed by atoms with van der Waals surface area (Å²) in [6.45, 7) is 9.36. The molecule has 8 nitrogen and oxygen atoms in total. The summed E-state index contributed by atoms with van der Waals surface area (Å²) in [4.78, 5) is 28.9. The highest BCUT2D eigenvalue weighted by Crippen LogP contribution is 2.16. The number of aryl methyl sites for hydroxylation is 1. The Hall–Kier alpha value is -2.48. The van der Waals surface area contributed by atoms with Gasteiger partial charge in [0, 0.05) is 50.9 Å². The van der Waals surface area contributed by atoms with E-state index in [1.165, 1.54) is 10.6 Å². The maximum atomic E-state index is 12.6. The van der Waals surface area contributed by atoms with E-state index in [1.807, 2.05) is 11.8 Å². The van der Waals surface area contributed by atoms with Crippen molar-refractivity contribution >= 4 is 5.91 Å². The number of amides is 1. The van der Waals surface area contributed by atoms with Gasteiger partial charge in [0.2, 0.25) is 17.7 Å². The third-order valence-electron chi connectivity index (χ3n) is 4.70. The summed E-state index contributed by atoms with van der Waals surface area (Å²) < 4.78 is 6.94. The molecule has 3 rings (SSSR count). The van der Waals surface area contributed by atoms with Crippen LogP contribution in [0.15, 0.2) is 27.5 Å². The van der Waals surface area contributed by atoms with Gasteiger partial charge in [-0.15, -0.1) is 10.2 Å². The van der Waals surface area contributed by atoms with Gasteiger partial charge in [-0.3, -0.25) is 14.5 Å². The summed E-state index contributed by atoms with van der Waals surface area (Å²) in [5.41, 5.74) is 0.410. The van der Waals surface area contributed by atoms with Crippen LogP contribution in [0.4, 0.5) is 0 Å². The van der Waals surface area contributed by atoms with Crippen molar-refractivity contribution in [3.05, 3.63) is 34.6 Å². The largest absolute Gasteiger partial charge is 0.421 e. The maximum Gasteiger partial charge on any atom is 0.251 e. The van der Waals surface area contributed by atoms with Gasteiger partial charge in [0.15, 0.2) is 0 Å². The lowest BCUT2D eigenvalue weighted by Crippen LogP contribution is -2.51. The molecule has 0 atom stereocenters. The maximum absolute atomic E-state index is 12.6. The minimum Gasteiger partial charge on any atom is -0.421 e. The van der Waals surface area contributed by atoms with Crippen LogP contribution in [0, 0.1) is 0 Å². The second-order valence-electron chi connectivity index (χ2n) is 6.75. The molecule has 2 aromatic rings. The molecule has 0 spiro atoms. The fraction of sp³-hybridized carbons (Fsp3) is 0.556. The Morgan fingerprint density at radius 2 is 1.92 bits per heavy atom. The number of rotatable bonds is 5. The number of nitrogens with zero attached hydrogens (tertiary/aromatic N) is 5. The lowest BCUT2D eigenvalue weighted by molar-refractivity contribution is -0.133. The van der Waals surface area contributed by atoms with Crippen molar-refractivity contribution in [3.8, 4) is 11.5 Å². The van der Waals surface area contributed by atoms with Gasteiger partial charge in [-0.25, -0.2) is 0 Å². The molecule has 1 saturated heterocycles.